The molecule has 0 unspecified atom stereocenters. The van der Waals surface area contributed by atoms with Crippen molar-refractivity contribution in [1.82, 2.24) is 12.3 Å². The zero-order valence-electron chi connectivity index (χ0n) is 33.3. The molecule has 0 amide bonds. The monoisotopic (exact) mass is 711 g/mol. The second-order valence-corrected chi connectivity index (χ2v) is 14.9. The molecular formula is C40H90N2O5S. The Kier molecular flexibility index (Phi) is 55.5. The molecule has 296 valence electrons. The number of rotatable bonds is 38. The summed E-state index contributed by atoms with van der Waals surface area (Å²) in [6, 6.07) is 0. The van der Waals surface area contributed by atoms with E-state index < -0.39 is 10.4 Å². The van der Waals surface area contributed by atoms with Crippen molar-refractivity contribution in [2.75, 3.05) is 13.2 Å². The van der Waals surface area contributed by atoms with Crippen molar-refractivity contribution in [3.05, 3.63) is 0 Å². The highest BCUT2D eigenvalue weighted by Gasteiger charge is 1.97. The maximum absolute atomic E-state index is 8.52. The van der Waals surface area contributed by atoms with Crippen molar-refractivity contribution in [1.29, 1.82) is 0 Å². The summed E-state index contributed by atoms with van der Waals surface area (Å²) < 4.78 is 40.0. The molecule has 0 atom stereocenters. The van der Waals surface area contributed by atoms with Gasteiger partial charge >= 0.3 is 0 Å². The average molecular weight is 711 g/mol. The molecule has 0 radical (unpaired) electrons. The molecule has 0 aliphatic heterocycles. The Morgan fingerprint density at radius 3 is 0.583 bits per heavy atom. The van der Waals surface area contributed by atoms with Crippen LogP contribution in [0.2, 0.25) is 0 Å². The molecule has 0 aromatic rings. The van der Waals surface area contributed by atoms with E-state index in [1.165, 1.54) is 231 Å². The highest BCUT2D eigenvalue weighted by Crippen LogP contribution is 2.16. The first-order valence-electron chi connectivity index (χ1n) is 20.7. The van der Waals surface area contributed by atoms with E-state index in [1.54, 1.807) is 0 Å². The van der Waals surface area contributed by atoms with Gasteiger partial charge in [-0.3, -0.25) is 8.42 Å². The minimum atomic E-state index is -5.17. The molecule has 0 aliphatic carbocycles. The molecule has 0 saturated heterocycles. The van der Waals surface area contributed by atoms with Gasteiger partial charge in [-0.25, -0.2) is 0 Å². The van der Waals surface area contributed by atoms with Crippen LogP contribution in [0.1, 0.15) is 245 Å². The van der Waals surface area contributed by atoms with Gasteiger partial charge in [-0.15, -0.1) is 0 Å². The third-order valence-electron chi connectivity index (χ3n) is 9.28. The Balaban J connectivity index is -0.00000128. The van der Waals surface area contributed by atoms with E-state index in [4.69, 9.17) is 22.3 Å². The molecular weight excluding hydrogens is 621 g/mol. The molecule has 0 spiro atoms. The molecule has 0 saturated carbocycles. The van der Waals surface area contributed by atoms with E-state index in [9.17, 15) is 0 Å². The van der Waals surface area contributed by atoms with E-state index in [0.29, 0.717) is 0 Å². The Labute approximate surface area is 302 Å². The van der Waals surface area contributed by atoms with E-state index in [1.807, 2.05) is 0 Å². The summed E-state index contributed by atoms with van der Waals surface area (Å²) >= 11 is 0. The smallest absolute Gasteiger partial charge is 0.0466 e. The summed E-state index contributed by atoms with van der Waals surface area (Å²) in [5, 5.41) is 0. The third kappa shape index (κ3) is 64.3. The van der Waals surface area contributed by atoms with Gasteiger partial charge in [0.15, 0.2) is 0 Å². The maximum atomic E-state index is 8.52. The fourth-order valence-corrected chi connectivity index (χ4v) is 6.31. The summed E-state index contributed by atoms with van der Waals surface area (Å²) in [5.74, 6) is 0. The molecule has 0 aromatic heterocycles. The van der Waals surface area contributed by atoms with E-state index in [2.05, 4.69) is 13.8 Å². The Hall–Kier alpha value is -0.250. The zero-order valence-corrected chi connectivity index (χ0v) is 34.1. The second-order valence-electron chi connectivity index (χ2n) is 14.0. The SMILES string of the molecule is CCCCCCCCCCCCCCCCCCCCOCCCCCCCCCCCCCCCCCCCC.O=S(=O)([O-])[O-].[NH4+].[NH4+]. The second kappa shape index (κ2) is 48.9. The molecule has 7 nitrogen and oxygen atoms in total. The number of ether oxygens (including phenoxy) is 1. The number of quaternary nitrogens is 2. The Morgan fingerprint density at radius 1 is 0.312 bits per heavy atom. The van der Waals surface area contributed by atoms with Crippen LogP contribution in [0.15, 0.2) is 0 Å². The summed E-state index contributed by atoms with van der Waals surface area (Å²) in [7, 11) is -5.17. The first kappa shape index (κ1) is 54.5. The summed E-state index contributed by atoms with van der Waals surface area (Å²) in [4.78, 5) is 0. The molecule has 0 bridgehead atoms. The Morgan fingerprint density at radius 2 is 0.438 bits per heavy atom. The number of hydrogen-bond acceptors (Lipinski definition) is 5. The van der Waals surface area contributed by atoms with Gasteiger partial charge in [-0.2, -0.15) is 0 Å². The van der Waals surface area contributed by atoms with E-state index in [0.717, 1.165) is 13.2 Å². The highest BCUT2D eigenvalue weighted by molar-refractivity contribution is 7.79. The van der Waals surface area contributed by atoms with Crippen LogP contribution >= 0.6 is 0 Å². The van der Waals surface area contributed by atoms with Crippen molar-refractivity contribution in [3.63, 3.8) is 0 Å². The molecule has 8 heteroatoms. The van der Waals surface area contributed by atoms with Gasteiger partial charge in [0, 0.05) is 23.6 Å². The third-order valence-corrected chi connectivity index (χ3v) is 9.28. The van der Waals surface area contributed by atoms with Crippen molar-refractivity contribution >= 4 is 10.4 Å². The molecule has 0 aromatic carbocycles. The first-order chi connectivity index (χ1) is 22.4. The molecule has 0 heterocycles. The fraction of sp³-hybridized carbons (Fsp3) is 1.00. The lowest BCUT2D eigenvalue weighted by atomic mass is 10.0. The minimum Gasteiger partial charge on any atom is -0.759 e. The fourth-order valence-electron chi connectivity index (χ4n) is 6.31. The van der Waals surface area contributed by atoms with Crippen LogP contribution in [0, 0.1) is 0 Å². The van der Waals surface area contributed by atoms with Crippen LogP contribution in [0.5, 0.6) is 0 Å². The minimum absolute atomic E-state index is 0. The predicted molar refractivity (Wildman–Crippen MR) is 211 cm³/mol. The number of unbranched alkanes of at least 4 members (excludes halogenated alkanes) is 34. The van der Waals surface area contributed by atoms with Crippen molar-refractivity contribution < 1.29 is 22.3 Å². The lowest BCUT2D eigenvalue weighted by Crippen LogP contribution is -1.97. The van der Waals surface area contributed by atoms with Gasteiger partial charge in [0.05, 0.1) is 0 Å². The Bertz CT molecular complexity index is 591. The van der Waals surface area contributed by atoms with Crippen molar-refractivity contribution in [2.24, 2.45) is 0 Å². The van der Waals surface area contributed by atoms with Gasteiger partial charge in [-0.1, -0.05) is 232 Å². The number of hydrogen-bond donors (Lipinski definition) is 2. The van der Waals surface area contributed by atoms with Gasteiger partial charge in [0.2, 0.25) is 0 Å². The van der Waals surface area contributed by atoms with Crippen LogP contribution in [-0.2, 0) is 15.1 Å². The highest BCUT2D eigenvalue weighted by atomic mass is 32.3. The summed E-state index contributed by atoms with van der Waals surface area (Å²) in [6.45, 7) is 6.61. The lowest BCUT2D eigenvalue weighted by molar-refractivity contribution is 0.125. The summed E-state index contributed by atoms with van der Waals surface area (Å²) in [6.07, 6.45) is 52.0. The quantitative estimate of drug-likeness (QED) is 0.0369. The van der Waals surface area contributed by atoms with E-state index >= 15 is 0 Å². The van der Waals surface area contributed by atoms with Crippen LogP contribution in [0.4, 0.5) is 0 Å². The maximum Gasteiger partial charge on any atom is 0.0466 e. The van der Waals surface area contributed by atoms with Crippen LogP contribution in [0.3, 0.4) is 0 Å². The van der Waals surface area contributed by atoms with Gasteiger partial charge in [0.1, 0.15) is 0 Å². The van der Waals surface area contributed by atoms with Crippen LogP contribution < -0.4 is 12.3 Å². The van der Waals surface area contributed by atoms with Gasteiger partial charge in [-0.05, 0) is 12.8 Å². The van der Waals surface area contributed by atoms with E-state index in [-0.39, 0.29) is 12.3 Å². The van der Waals surface area contributed by atoms with Crippen LogP contribution in [-0.4, -0.2) is 30.7 Å². The van der Waals surface area contributed by atoms with Gasteiger partial charge < -0.3 is 26.1 Å². The predicted octanol–water partition coefficient (Wildman–Crippen LogP) is 14.5. The topological polar surface area (TPSA) is 162 Å². The van der Waals surface area contributed by atoms with Crippen molar-refractivity contribution in [3.8, 4) is 0 Å². The normalized spacial score (nSPS) is 11.1. The van der Waals surface area contributed by atoms with Gasteiger partial charge in [0.25, 0.3) is 0 Å². The molecule has 0 rings (SSSR count). The van der Waals surface area contributed by atoms with Crippen LogP contribution in [0.25, 0.3) is 0 Å². The average Bonchev–Trinajstić information content (AvgIpc) is 3.02. The zero-order chi connectivity index (χ0) is 34.1. The molecule has 0 fully saturated rings. The first-order valence-corrected chi connectivity index (χ1v) is 22.0. The molecule has 48 heavy (non-hydrogen) atoms. The molecule has 0 aliphatic rings. The van der Waals surface area contributed by atoms with Crippen molar-refractivity contribution in [2.45, 2.75) is 245 Å². The largest absolute Gasteiger partial charge is 0.759 e. The standard InChI is InChI=1S/C40H82O.2H3N.H2O4S/c1-3-5-7-9-11-13-15-17-19-21-23-25-27-29-31-33-35-37-39-41-40-38-36-34-32-30-28-26-24-22-20-18-16-14-12-10-8-6-4-2;;;1-5(2,3)4/h3-40H2,1-2H3;2*1H3;(H2,1,2,3,4). The lowest BCUT2D eigenvalue weighted by Gasteiger charge is -2.06. The molecule has 8 N–H and O–H groups in total. The summed E-state index contributed by atoms with van der Waals surface area (Å²) in [5.41, 5.74) is 0.